The molecular formula is C16H18N4O2S. The monoisotopic (exact) mass is 330 g/mol. The van der Waals surface area contributed by atoms with Gasteiger partial charge in [-0.2, -0.15) is 0 Å². The maximum Gasteiger partial charge on any atom is 0.347 e. The van der Waals surface area contributed by atoms with Crippen LogP contribution in [0.4, 0.5) is 5.69 Å². The highest BCUT2D eigenvalue weighted by atomic mass is 32.1. The van der Waals surface area contributed by atoms with E-state index in [1.807, 2.05) is 42.8 Å². The molecule has 120 valence electrons. The molecule has 23 heavy (non-hydrogen) atoms. The molecule has 3 rings (SSSR count). The molecule has 0 saturated heterocycles. The predicted octanol–water partition coefficient (Wildman–Crippen LogP) is 3.00. The predicted molar refractivity (Wildman–Crippen MR) is 92.7 cm³/mol. The van der Waals surface area contributed by atoms with Gasteiger partial charge in [0.25, 0.3) is 0 Å². The van der Waals surface area contributed by atoms with E-state index in [1.165, 1.54) is 0 Å². The van der Waals surface area contributed by atoms with Crippen LogP contribution in [0.2, 0.25) is 0 Å². The van der Waals surface area contributed by atoms with E-state index in [1.54, 1.807) is 6.92 Å². The largest absolute Gasteiger partial charge is 0.477 e. The van der Waals surface area contributed by atoms with Gasteiger partial charge in [-0.05, 0) is 39.0 Å². The standard InChI is InChI=1S/C16H18N4O2S/c1-8-13(15(21)22)23-14(19-8)9-4-5-12-10(6-9)11(17)7-20(12)16(2,3)18/h4-7H,17-18H2,1-3H3,(H,21,22). The number of aryl methyl sites for hydroxylation is 1. The van der Waals surface area contributed by atoms with Crippen LogP contribution < -0.4 is 11.5 Å². The summed E-state index contributed by atoms with van der Waals surface area (Å²) in [5, 5.41) is 10.7. The summed E-state index contributed by atoms with van der Waals surface area (Å²) in [5.41, 5.74) is 14.7. The fourth-order valence-corrected chi connectivity index (χ4v) is 3.49. The number of anilines is 1. The Hall–Kier alpha value is -2.38. The van der Waals surface area contributed by atoms with E-state index in [2.05, 4.69) is 4.98 Å². The van der Waals surface area contributed by atoms with Gasteiger partial charge in [0.1, 0.15) is 9.88 Å². The summed E-state index contributed by atoms with van der Waals surface area (Å²) in [4.78, 5) is 15.8. The number of carboxylic acids is 1. The first-order valence-corrected chi connectivity index (χ1v) is 7.91. The molecule has 0 unspecified atom stereocenters. The van der Waals surface area contributed by atoms with Crippen molar-refractivity contribution < 1.29 is 9.90 Å². The zero-order valence-electron chi connectivity index (χ0n) is 13.1. The van der Waals surface area contributed by atoms with Crippen LogP contribution in [0.15, 0.2) is 24.4 Å². The Bertz CT molecular complexity index is 918. The number of carboxylic acid groups (broad SMARTS) is 1. The second-order valence-electron chi connectivity index (χ2n) is 6.08. The van der Waals surface area contributed by atoms with Crippen LogP contribution in [0.1, 0.15) is 29.2 Å². The van der Waals surface area contributed by atoms with Crippen LogP contribution in [0, 0.1) is 6.92 Å². The number of thiazole rings is 1. The van der Waals surface area contributed by atoms with Crippen molar-refractivity contribution in [2.24, 2.45) is 5.73 Å². The van der Waals surface area contributed by atoms with Gasteiger partial charge < -0.3 is 21.1 Å². The number of nitrogens with two attached hydrogens (primary N) is 2. The fraction of sp³-hybridized carbons (Fsp3) is 0.250. The summed E-state index contributed by atoms with van der Waals surface area (Å²) in [6, 6.07) is 5.78. The molecule has 0 saturated carbocycles. The van der Waals surface area contributed by atoms with E-state index in [9.17, 15) is 4.79 Å². The highest BCUT2D eigenvalue weighted by molar-refractivity contribution is 7.17. The Morgan fingerprint density at radius 2 is 2.09 bits per heavy atom. The first kappa shape index (κ1) is 15.5. The molecule has 2 heterocycles. The first-order chi connectivity index (χ1) is 10.7. The minimum atomic E-state index is -0.956. The molecule has 6 nitrogen and oxygen atoms in total. The summed E-state index contributed by atoms with van der Waals surface area (Å²) in [5.74, 6) is -0.956. The van der Waals surface area contributed by atoms with Crippen molar-refractivity contribution in [3.63, 3.8) is 0 Å². The van der Waals surface area contributed by atoms with Crippen LogP contribution in [-0.4, -0.2) is 20.6 Å². The Morgan fingerprint density at radius 1 is 1.39 bits per heavy atom. The summed E-state index contributed by atoms with van der Waals surface area (Å²) in [6.45, 7) is 5.51. The molecule has 0 bridgehead atoms. The van der Waals surface area contributed by atoms with E-state index in [0.29, 0.717) is 16.4 Å². The van der Waals surface area contributed by atoms with E-state index in [-0.39, 0.29) is 4.88 Å². The Balaban J connectivity index is 2.16. The minimum absolute atomic E-state index is 0.258. The summed E-state index contributed by atoms with van der Waals surface area (Å²) < 4.78 is 1.93. The van der Waals surface area contributed by atoms with Crippen molar-refractivity contribution in [1.29, 1.82) is 0 Å². The van der Waals surface area contributed by atoms with Crippen molar-refractivity contribution in [2.45, 2.75) is 26.4 Å². The summed E-state index contributed by atoms with van der Waals surface area (Å²) >= 11 is 1.16. The smallest absolute Gasteiger partial charge is 0.347 e. The van der Waals surface area contributed by atoms with Crippen LogP contribution in [0.3, 0.4) is 0 Å². The number of nitrogen functional groups attached to an aromatic ring is 1. The number of carbonyl (C=O) groups is 1. The van der Waals surface area contributed by atoms with Gasteiger partial charge in [0, 0.05) is 17.1 Å². The normalized spacial score (nSPS) is 12.0. The van der Waals surface area contributed by atoms with Gasteiger partial charge in [0.2, 0.25) is 0 Å². The van der Waals surface area contributed by atoms with Crippen LogP contribution in [0.25, 0.3) is 21.5 Å². The molecule has 0 aliphatic rings. The topological polar surface area (TPSA) is 107 Å². The number of benzene rings is 1. The molecule has 5 N–H and O–H groups in total. The molecule has 0 radical (unpaired) electrons. The molecule has 0 atom stereocenters. The zero-order valence-corrected chi connectivity index (χ0v) is 13.9. The highest BCUT2D eigenvalue weighted by Gasteiger charge is 2.19. The Morgan fingerprint density at radius 3 is 2.65 bits per heavy atom. The maximum absolute atomic E-state index is 11.2. The molecular weight excluding hydrogens is 312 g/mol. The molecule has 7 heteroatoms. The van der Waals surface area contributed by atoms with Crippen molar-refractivity contribution in [2.75, 3.05) is 5.73 Å². The lowest BCUT2D eigenvalue weighted by atomic mass is 10.1. The minimum Gasteiger partial charge on any atom is -0.477 e. The molecule has 0 amide bonds. The average molecular weight is 330 g/mol. The number of aromatic nitrogens is 2. The number of fused-ring (bicyclic) bond motifs is 1. The number of hydrogen-bond acceptors (Lipinski definition) is 5. The van der Waals surface area contributed by atoms with Crippen LogP contribution in [0.5, 0.6) is 0 Å². The molecule has 0 aliphatic carbocycles. The van der Waals surface area contributed by atoms with Crippen molar-refractivity contribution in [3.8, 4) is 10.6 Å². The SMILES string of the molecule is Cc1nc(-c2ccc3c(c2)c(N)cn3C(C)(C)N)sc1C(=O)O. The molecule has 1 aromatic carbocycles. The van der Waals surface area contributed by atoms with E-state index in [4.69, 9.17) is 16.6 Å². The van der Waals surface area contributed by atoms with Gasteiger partial charge >= 0.3 is 5.97 Å². The third kappa shape index (κ3) is 2.58. The highest BCUT2D eigenvalue weighted by Crippen LogP contribution is 2.34. The average Bonchev–Trinajstić information content (AvgIpc) is 2.99. The van der Waals surface area contributed by atoms with Crippen molar-refractivity contribution in [1.82, 2.24) is 9.55 Å². The molecule has 0 fully saturated rings. The molecule has 2 aromatic heterocycles. The lowest BCUT2D eigenvalue weighted by Gasteiger charge is -2.22. The van der Waals surface area contributed by atoms with Gasteiger partial charge in [0.15, 0.2) is 0 Å². The number of hydrogen-bond donors (Lipinski definition) is 3. The van der Waals surface area contributed by atoms with Gasteiger partial charge in [-0.3, -0.25) is 0 Å². The second-order valence-corrected chi connectivity index (χ2v) is 7.08. The van der Waals surface area contributed by atoms with Crippen molar-refractivity contribution in [3.05, 3.63) is 35.0 Å². The van der Waals surface area contributed by atoms with Gasteiger partial charge in [-0.25, -0.2) is 9.78 Å². The molecule has 3 aromatic rings. The first-order valence-electron chi connectivity index (χ1n) is 7.09. The van der Waals surface area contributed by atoms with Crippen LogP contribution in [-0.2, 0) is 5.66 Å². The number of aromatic carboxylic acids is 1. The van der Waals surface area contributed by atoms with Gasteiger partial charge in [-0.15, -0.1) is 11.3 Å². The fourth-order valence-electron chi connectivity index (χ4n) is 2.58. The Kier molecular flexibility index (Phi) is 3.42. The summed E-state index contributed by atoms with van der Waals surface area (Å²) in [6.07, 6.45) is 1.82. The molecule has 0 spiro atoms. The van der Waals surface area contributed by atoms with E-state index in [0.717, 1.165) is 27.8 Å². The third-order valence-electron chi connectivity index (χ3n) is 3.69. The van der Waals surface area contributed by atoms with Crippen molar-refractivity contribution >= 4 is 33.9 Å². The Labute approximate surface area is 137 Å². The van der Waals surface area contributed by atoms with Crippen LogP contribution >= 0.6 is 11.3 Å². The lowest BCUT2D eigenvalue weighted by Crippen LogP contribution is -2.35. The second kappa shape index (κ2) is 5.07. The number of nitrogens with zero attached hydrogens (tertiary/aromatic N) is 2. The lowest BCUT2D eigenvalue weighted by molar-refractivity contribution is 0.0701. The van der Waals surface area contributed by atoms with Gasteiger partial charge in [-0.1, -0.05) is 0 Å². The molecule has 0 aliphatic heterocycles. The van der Waals surface area contributed by atoms with Gasteiger partial charge in [0.05, 0.1) is 22.6 Å². The summed E-state index contributed by atoms with van der Waals surface area (Å²) in [7, 11) is 0. The van der Waals surface area contributed by atoms with E-state index >= 15 is 0 Å². The van der Waals surface area contributed by atoms with E-state index < -0.39 is 11.6 Å². The zero-order chi connectivity index (χ0) is 16.9. The maximum atomic E-state index is 11.2. The number of rotatable bonds is 3. The third-order valence-corrected chi connectivity index (χ3v) is 4.89. The quantitative estimate of drug-likeness (QED) is 0.684.